The van der Waals surface area contributed by atoms with Gasteiger partial charge in [-0.15, -0.1) is 0 Å². The summed E-state index contributed by atoms with van der Waals surface area (Å²) in [6, 6.07) is 18.4. The van der Waals surface area contributed by atoms with Crippen LogP contribution in [0.25, 0.3) is 0 Å². The summed E-state index contributed by atoms with van der Waals surface area (Å²) >= 11 is 10.5. The van der Waals surface area contributed by atoms with E-state index >= 15 is 0 Å². The summed E-state index contributed by atoms with van der Waals surface area (Å²) in [7, 11) is 0. The molecule has 0 saturated carbocycles. The SMILES string of the molecule is FC(F)(Br)C(Br)Cc1ccccc1.FC(F)(Br)C(Br)Cc1ccccc1. The van der Waals surface area contributed by atoms with E-state index < -0.39 is 19.3 Å². The van der Waals surface area contributed by atoms with Crippen molar-refractivity contribution >= 4 is 63.7 Å². The standard InChI is InChI=1S/2C9H8Br2F2/c2*10-8(9(11,12)13)6-7-4-2-1-3-5-7/h2*1-5,8H,6H2. The molecule has 0 aliphatic heterocycles. The van der Waals surface area contributed by atoms with Gasteiger partial charge < -0.3 is 0 Å². The predicted molar refractivity (Wildman–Crippen MR) is 113 cm³/mol. The van der Waals surface area contributed by atoms with Gasteiger partial charge in [0, 0.05) is 0 Å². The van der Waals surface area contributed by atoms with E-state index in [-0.39, 0.29) is 0 Å². The zero-order chi connectivity index (χ0) is 19.8. The van der Waals surface area contributed by atoms with Crippen LogP contribution in [-0.4, -0.2) is 19.3 Å². The smallest absolute Gasteiger partial charge is 0.192 e. The van der Waals surface area contributed by atoms with E-state index in [1.807, 2.05) is 60.7 Å². The van der Waals surface area contributed by atoms with E-state index in [4.69, 9.17) is 0 Å². The quantitative estimate of drug-likeness (QED) is 0.225. The summed E-state index contributed by atoms with van der Waals surface area (Å²) in [5, 5.41) is 0. The third-order valence-electron chi connectivity index (χ3n) is 3.23. The van der Waals surface area contributed by atoms with Gasteiger partial charge in [-0.25, -0.2) is 0 Å². The maximum atomic E-state index is 12.7. The third-order valence-corrected chi connectivity index (χ3v) is 7.36. The van der Waals surface area contributed by atoms with Gasteiger partial charge in [0.25, 0.3) is 0 Å². The summed E-state index contributed by atoms with van der Waals surface area (Å²) in [5.41, 5.74) is 1.78. The Hall–Kier alpha value is 0.0800. The molecular weight excluding hydrogens is 612 g/mol. The molecule has 144 valence electrons. The first-order valence-corrected chi connectivity index (χ1v) is 10.9. The van der Waals surface area contributed by atoms with Crippen LogP contribution in [0, 0.1) is 0 Å². The van der Waals surface area contributed by atoms with Gasteiger partial charge in [-0.2, -0.15) is 17.6 Å². The van der Waals surface area contributed by atoms with Crippen molar-refractivity contribution in [2.24, 2.45) is 0 Å². The lowest BCUT2D eigenvalue weighted by Crippen LogP contribution is -2.22. The monoisotopic (exact) mass is 624 g/mol. The molecule has 2 rings (SSSR count). The maximum Gasteiger partial charge on any atom is 0.314 e. The zero-order valence-corrected chi connectivity index (χ0v) is 19.7. The Bertz CT molecular complexity index is 570. The Morgan fingerprint density at radius 3 is 1.12 bits per heavy atom. The highest BCUT2D eigenvalue weighted by molar-refractivity contribution is 9.12. The molecule has 2 atom stereocenters. The summed E-state index contributed by atoms with van der Waals surface area (Å²) in [5.74, 6) is 0. The Morgan fingerprint density at radius 2 is 0.885 bits per heavy atom. The second kappa shape index (κ2) is 11.2. The van der Waals surface area contributed by atoms with E-state index in [1.165, 1.54) is 0 Å². The first-order valence-electron chi connectivity index (χ1n) is 7.49. The third kappa shape index (κ3) is 9.85. The summed E-state index contributed by atoms with van der Waals surface area (Å²) < 4.78 is 50.7. The molecule has 2 aromatic rings. The van der Waals surface area contributed by atoms with Gasteiger partial charge >= 0.3 is 9.66 Å². The largest absolute Gasteiger partial charge is 0.314 e. The molecule has 2 aromatic carbocycles. The molecule has 0 N–H and O–H groups in total. The van der Waals surface area contributed by atoms with Crippen molar-refractivity contribution in [2.45, 2.75) is 32.2 Å². The number of rotatable bonds is 6. The fraction of sp³-hybridized carbons (Fsp3) is 0.333. The zero-order valence-electron chi connectivity index (χ0n) is 13.4. The topological polar surface area (TPSA) is 0 Å². The second-order valence-corrected chi connectivity index (χ2v) is 9.72. The van der Waals surface area contributed by atoms with Gasteiger partial charge in [-0.3, -0.25) is 0 Å². The van der Waals surface area contributed by atoms with E-state index in [1.54, 1.807) is 0 Å². The number of hydrogen-bond donors (Lipinski definition) is 0. The Morgan fingerprint density at radius 1 is 0.615 bits per heavy atom. The molecule has 0 aromatic heterocycles. The van der Waals surface area contributed by atoms with Crippen molar-refractivity contribution in [3.63, 3.8) is 0 Å². The van der Waals surface area contributed by atoms with Crippen molar-refractivity contribution < 1.29 is 17.6 Å². The molecule has 0 fully saturated rings. The number of alkyl halides is 8. The number of benzene rings is 2. The highest BCUT2D eigenvalue weighted by Crippen LogP contribution is 2.34. The minimum Gasteiger partial charge on any atom is -0.192 e. The van der Waals surface area contributed by atoms with Gasteiger partial charge in [0.05, 0.1) is 9.65 Å². The average molecular weight is 628 g/mol. The van der Waals surface area contributed by atoms with Crippen LogP contribution in [0.4, 0.5) is 17.6 Å². The lowest BCUT2D eigenvalue weighted by molar-refractivity contribution is 0.113. The molecule has 0 heterocycles. The molecule has 0 radical (unpaired) electrons. The molecule has 0 amide bonds. The van der Waals surface area contributed by atoms with E-state index in [0.29, 0.717) is 12.8 Å². The number of hydrogen-bond acceptors (Lipinski definition) is 0. The number of halogens is 8. The van der Waals surface area contributed by atoms with E-state index in [0.717, 1.165) is 11.1 Å². The summed E-state index contributed by atoms with van der Waals surface area (Å²) in [6.45, 7) is 0. The Labute approximate surface area is 184 Å². The first kappa shape index (κ1) is 24.1. The van der Waals surface area contributed by atoms with Crippen LogP contribution >= 0.6 is 63.7 Å². The Kier molecular flexibility index (Phi) is 10.4. The lowest BCUT2D eigenvalue weighted by Gasteiger charge is -2.15. The normalized spacial score (nSPS) is 14.2. The fourth-order valence-corrected chi connectivity index (χ4v) is 2.94. The molecule has 0 spiro atoms. The van der Waals surface area contributed by atoms with Gasteiger partial charge in [0.1, 0.15) is 0 Å². The van der Waals surface area contributed by atoms with Crippen molar-refractivity contribution in [1.82, 2.24) is 0 Å². The van der Waals surface area contributed by atoms with Gasteiger partial charge in [0.15, 0.2) is 0 Å². The molecular formula is C18H16Br4F4. The Balaban J connectivity index is 0.000000260. The molecule has 26 heavy (non-hydrogen) atoms. The molecule has 8 heteroatoms. The minimum atomic E-state index is -2.86. The maximum absolute atomic E-state index is 12.7. The van der Waals surface area contributed by atoms with Gasteiger partial charge in [-0.05, 0) is 55.8 Å². The van der Waals surface area contributed by atoms with Crippen molar-refractivity contribution in [3.05, 3.63) is 71.8 Å². The molecule has 0 nitrogen and oxygen atoms in total. The van der Waals surface area contributed by atoms with Crippen LogP contribution in [0.3, 0.4) is 0 Å². The molecule has 0 aliphatic carbocycles. The van der Waals surface area contributed by atoms with Gasteiger partial charge in [-0.1, -0.05) is 92.5 Å². The summed E-state index contributed by atoms with van der Waals surface area (Å²) in [4.78, 5) is -7.46. The van der Waals surface area contributed by atoms with Gasteiger partial charge in [0.2, 0.25) is 0 Å². The second-order valence-electron chi connectivity index (χ2n) is 5.40. The van der Waals surface area contributed by atoms with E-state index in [2.05, 4.69) is 63.7 Å². The van der Waals surface area contributed by atoms with Crippen LogP contribution in [-0.2, 0) is 12.8 Å². The van der Waals surface area contributed by atoms with Crippen molar-refractivity contribution in [1.29, 1.82) is 0 Å². The molecule has 0 bridgehead atoms. The minimum absolute atomic E-state index is 0.305. The van der Waals surface area contributed by atoms with Crippen LogP contribution in [0.15, 0.2) is 60.7 Å². The first-order chi connectivity index (χ1) is 12.0. The van der Waals surface area contributed by atoms with Crippen LogP contribution < -0.4 is 0 Å². The molecule has 0 aliphatic rings. The van der Waals surface area contributed by atoms with Crippen molar-refractivity contribution in [2.75, 3.05) is 0 Å². The highest BCUT2D eigenvalue weighted by Gasteiger charge is 2.34. The molecule has 2 unspecified atom stereocenters. The highest BCUT2D eigenvalue weighted by atomic mass is 79.9. The van der Waals surface area contributed by atoms with Crippen LogP contribution in [0.5, 0.6) is 0 Å². The van der Waals surface area contributed by atoms with Crippen molar-refractivity contribution in [3.8, 4) is 0 Å². The lowest BCUT2D eigenvalue weighted by atomic mass is 10.1. The molecule has 0 saturated heterocycles. The van der Waals surface area contributed by atoms with Crippen LogP contribution in [0.2, 0.25) is 0 Å². The average Bonchev–Trinajstić information content (AvgIpc) is 2.55. The summed E-state index contributed by atoms with van der Waals surface area (Å²) in [6.07, 6.45) is 0.609. The van der Waals surface area contributed by atoms with E-state index in [9.17, 15) is 17.6 Å². The van der Waals surface area contributed by atoms with Crippen LogP contribution in [0.1, 0.15) is 11.1 Å². The predicted octanol–water partition coefficient (Wildman–Crippen LogP) is 7.96. The fourth-order valence-electron chi connectivity index (χ4n) is 1.87.